The van der Waals surface area contributed by atoms with Crippen molar-refractivity contribution in [3.63, 3.8) is 0 Å². The van der Waals surface area contributed by atoms with E-state index >= 15 is 0 Å². The molecule has 0 fully saturated rings. The molecule has 2 rings (SSSR count). The number of aryl methyl sites for hydroxylation is 1. The average Bonchev–Trinajstić information content (AvgIpc) is 2.76. The van der Waals surface area contributed by atoms with Crippen LogP contribution in [0.5, 0.6) is 0 Å². The minimum Gasteiger partial charge on any atom is -0.398 e. The van der Waals surface area contributed by atoms with E-state index in [1.807, 2.05) is 0 Å². The van der Waals surface area contributed by atoms with Crippen LogP contribution in [0.1, 0.15) is 22.1 Å². The maximum atomic E-state index is 11.9. The van der Waals surface area contributed by atoms with Crippen LogP contribution in [0.2, 0.25) is 0 Å². The zero-order chi connectivity index (χ0) is 13.1. The molecule has 3 N–H and O–H groups in total. The molecular weight excluding hydrogens is 300 g/mol. The molecule has 0 aliphatic carbocycles. The number of rotatable bonds is 3. The van der Waals surface area contributed by atoms with Gasteiger partial charge < -0.3 is 15.6 Å². The van der Waals surface area contributed by atoms with Crippen LogP contribution in [0, 0.1) is 6.92 Å². The predicted molar refractivity (Wildman–Crippen MR) is 68.8 cm³/mol. The van der Waals surface area contributed by atoms with Crippen LogP contribution >= 0.6 is 15.9 Å². The lowest BCUT2D eigenvalue weighted by atomic mass is 10.2. The fourth-order valence-corrected chi connectivity index (χ4v) is 1.84. The van der Waals surface area contributed by atoms with Crippen LogP contribution in [0.15, 0.2) is 27.2 Å². The lowest BCUT2D eigenvalue weighted by Crippen LogP contribution is -2.24. The Balaban J connectivity index is 2.06. The number of carbonyl (C=O) groups is 1. The van der Waals surface area contributed by atoms with Crippen molar-refractivity contribution < 1.29 is 9.32 Å². The maximum Gasteiger partial charge on any atom is 0.252 e. The van der Waals surface area contributed by atoms with Crippen molar-refractivity contribution in [3.05, 3.63) is 40.0 Å². The number of nitrogens with one attached hydrogen (secondary N) is 1. The van der Waals surface area contributed by atoms with Crippen molar-refractivity contribution in [3.8, 4) is 0 Å². The summed E-state index contributed by atoms with van der Waals surface area (Å²) in [5.74, 6) is 0.641. The predicted octanol–water partition coefficient (Wildman–Crippen LogP) is 1.65. The van der Waals surface area contributed by atoms with Gasteiger partial charge >= 0.3 is 0 Å². The molecule has 0 spiro atoms. The Labute approximate surface area is 112 Å². The van der Waals surface area contributed by atoms with Crippen molar-refractivity contribution in [1.82, 2.24) is 15.5 Å². The van der Waals surface area contributed by atoms with Gasteiger partial charge in [0, 0.05) is 12.6 Å². The molecule has 0 bridgehead atoms. The number of anilines is 1. The maximum absolute atomic E-state index is 11.9. The van der Waals surface area contributed by atoms with Gasteiger partial charge in [0.05, 0.1) is 16.6 Å². The summed E-state index contributed by atoms with van der Waals surface area (Å²) in [6, 6.07) is 5.11. The first kappa shape index (κ1) is 12.6. The number of benzene rings is 1. The molecule has 94 valence electrons. The van der Waals surface area contributed by atoms with E-state index in [0.29, 0.717) is 27.4 Å². The summed E-state index contributed by atoms with van der Waals surface area (Å²) >= 11 is 3.28. The summed E-state index contributed by atoms with van der Waals surface area (Å²) in [6.07, 6.45) is 0. The van der Waals surface area contributed by atoms with E-state index in [1.54, 1.807) is 25.1 Å². The van der Waals surface area contributed by atoms with Gasteiger partial charge in [-0.05, 0) is 28.1 Å². The Morgan fingerprint density at radius 3 is 3.00 bits per heavy atom. The van der Waals surface area contributed by atoms with Gasteiger partial charge in [-0.3, -0.25) is 4.79 Å². The van der Waals surface area contributed by atoms with Crippen molar-refractivity contribution in [1.29, 1.82) is 0 Å². The van der Waals surface area contributed by atoms with Crippen LogP contribution in [0.25, 0.3) is 0 Å². The monoisotopic (exact) mass is 310 g/mol. The number of aromatic nitrogens is 2. The van der Waals surface area contributed by atoms with E-state index in [9.17, 15) is 4.79 Å². The van der Waals surface area contributed by atoms with Crippen LogP contribution < -0.4 is 11.1 Å². The fraction of sp³-hybridized carbons (Fsp3) is 0.182. The number of carbonyl (C=O) groups excluding carboxylic acids is 1. The third-order valence-corrected chi connectivity index (χ3v) is 3.13. The van der Waals surface area contributed by atoms with E-state index in [1.165, 1.54) is 0 Å². The Bertz CT molecular complexity index is 582. The van der Waals surface area contributed by atoms with E-state index < -0.39 is 0 Å². The molecule has 0 saturated carbocycles. The lowest BCUT2D eigenvalue weighted by Gasteiger charge is -2.06. The second-order valence-electron chi connectivity index (χ2n) is 3.62. The van der Waals surface area contributed by atoms with Crippen LogP contribution in [-0.2, 0) is 6.54 Å². The summed E-state index contributed by atoms with van der Waals surface area (Å²) in [6.45, 7) is 1.89. The van der Waals surface area contributed by atoms with Crippen LogP contribution in [0.3, 0.4) is 0 Å². The number of hydrogen-bond donors (Lipinski definition) is 2. The molecule has 7 heteroatoms. The molecule has 1 amide bonds. The third-order valence-electron chi connectivity index (χ3n) is 2.25. The normalized spacial score (nSPS) is 10.3. The van der Waals surface area contributed by atoms with Crippen LogP contribution in [-0.4, -0.2) is 16.0 Å². The molecule has 1 aromatic heterocycles. The highest BCUT2D eigenvalue weighted by Crippen LogP contribution is 2.23. The van der Waals surface area contributed by atoms with Gasteiger partial charge in [0.15, 0.2) is 5.82 Å². The highest BCUT2D eigenvalue weighted by Gasteiger charge is 2.12. The molecule has 18 heavy (non-hydrogen) atoms. The van der Waals surface area contributed by atoms with Gasteiger partial charge in [-0.25, -0.2) is 0 Å². The number of halogens is 1. The smallest absolute Gasteiger partial charge is 0.252 e. The second-order valence-corrected chi connectivity index (χ2v) is 4.41. The molecule has 0 saturated heterocycles. The summed E-state index contributed by atoms with van der Waals surface area (Å²) in [5, 5.41) is 6.37. The van der Waals surface area contributed by atoms with Gasteiger partial charge in [0.2, 0.25) is 5.89 Å². The quantitative estimate of drug-likeness (QED) is 0.841. The van der Waals surface area contributed by atoms with Crippen molar-refractivity contribution >= 4 is 27.5 Å². The minimum absolute atomic E-state index is 0.206. The zero-order valence-electron chi connectivity index (χ0n) is 9.61. The standard InChI is InChI=1S/C11H11BrN4O2/c1-6-15-9(16-18-6)5-14-11(17)7-3-2-4-8(13)10(7)12/h2-4H,5,13H2,1H3,(H,14,17). The molecular formula is C11H11BrN4O2. The summed E-state index contributed by atoms with van der Waals surface area (Å²) < 4.78 is 5.38. The Morgan fingerprint density at radius 1 is 1.56 bits per heavy atom. The molecule has 0 radical (unpaired) electrons. The molecule has 0 atom stereocenters. The number of nitrogens with two attached hydrogens (primary N) is 1. The van der Waals surface area contributed by atoms with Gasteiger partial charge in [-0.2, -0.15) is 4.98 Å². The van der Waals surface area contributed by atoms with Gasteiger partial charge in [-0.1, -0.05) is 11.2 Å². The molecule has 2 aromatic rings. The van der Waals surface area contributed by atoms with Gasteiger partial charge in [0.25, 0.3) is 5.91 Å². The largest absolute Gasteiger partial charge is 0.398 e. The van der Waals surface area contributed by atoms with E-state index in [-0.39, 0.29) is 12.5 Å². The first-order valence-corrected chi connectivity index (χ1v) is 5.98. The second kappa shape index (κ2) is 5.18. The molecule has 0 unspecified atom stereocenters. The van der Waals surface area contributed by atoms with E-state index in [2.05, 4.69) is 31.4 Å². The minimum atomic E-state index is -0.253. The first-order chi connectivity index (χ1) is 8.58. The number of nitrogens with zero attached hydrogens (tertiary/aromatic N) is 2. The molecule has 1 aromatic carbocycles. The van der Waals surface area contributed by atoms with Crippen LogP contribution in [0.4, 0.5) is 5.69 Å². The summed E-state index contributed by atoms with van der Waals surface area (Å²) in [5.41, 5.74) is 6.68. The summed E-state index contributed by atoms with van der Waals surface area (Å²) in [7, 11) is 0. The molecule has 0 aliphatic heterocycles. The Morgan fingerprint density at radius 2 is 2.33 bits per heavy atom. The lowest BCUT2D eigenvalue weighted by molar-refractivity contribution is 0.0949. The van der Waals surface area contributed by atoms with E-state index in [4.69, 9.17) is 10.3 Å². The Kier molecular flexibility index (Phi) is 3.61. The Hall–Kier alpha value is -1.89. The van der Waals surface area contributed by atoms with Crippen molar-refractivity contribution in [2.75, 3.05) is 5.73 Å². The molecule has 0 aliphatic rings. The van der Waals surface area contributed by atoms with Crippen molar-refractivity contribution in [2.45, 2.75) is 13.5 Å². The van der Waals surface area contributed by atoms with Gasteiger partial charge in [0.1, 0.15) is 0 Å². The third kappa shape index (κ3) is 2.67. The molecule has 1 heterocycles. The first-order valence-electron chi connectivity index (χ1n) is 5.19. The highest BCUT2D eigenvalue weighted by atomic mass is 79.9. The summed E-state index contributed by atoms with van der Waals surface area (Å²) in [4.78, 5) is 15.9. The fourth-order valence-electron chi connectivity index (χ4n) is 1.39. The van der Waals surface area contributed by atoms with Gasteiger partial charge in [-0.15, -0.1) is 0 Å². The highest BCUT2D eigenvalue weighted by molar-refractivity contribution is 9.10. The molecule has 6 nitrogen and oxygen atoms in total. The number of amides is 1. The number of hydrogen-bond acceptors (Lipinski definition) is 5. The van der Waals surface area contributed by atoms with E-state index in [0.717, 1.165) is 0 Å². The zero-order valence-corrected chi connectivity index (χ0v) is 11.2. The average molecular weight is 311 g/mol. The van der Waals surface area contributed by atoms with Crippen molar-refractivity contribution in [2.24, 2.45) is 0 Å². The number of nitrogen functional groups attached to an aromatic ring is 1. The topological polar surface area (TPSA) is 94.0 Å². The SMILES string of the molecule is Cc1nc(CNC(=O)c2cccc(N)c2Br)no1.